The summed E-state index contributed by atoms with van der Waals surface area (Å²) in [6, 6.07) is 7.09. The molecule has 0 amide bonds. The van der Waals surface area contributed by atoms with Crippen LogP contribution in [-0.2, 0) is 4.74 Å². The maximum absolute atomic E-state index is 12.6. The number of hydrogen-bond acceptors (Lipinski definition) is 5. The van der Waals surface area contributed by atoms with E-state index in [4.69, 9.17) is 21.1 Å². The molecule has 0 atom stereocenters. The number of imidazole rings is 1. The van der Waals surface area contributed by atoms with Gasteiger partial charge in [0.25, 0.3) is 5.88 Å². The largest absolute Gasteiger partial charge is 0.475 e. The van der Waals surface area contributed by atoms with E-state index in [1.807, 2.05) is 6.92 Å². The Morgan fingerprint density at radius 2 is 1.92 bits per heavy atom. The number of esters is 1. The maximum Gasteiger partial charge on any atom is 0.357 e. The van der Waals surface area contributed by atoms with Crippen molar-refractivity contribution in [3.8, 4) is 17.1 Å². The first kappa shape index (κ1) is 17.7. The third-order valence-electron chi connectivity index (χ3n) is 3.41. The number of carbonyl (C=O) groups is 1. The van der Waals surface area contributed by atoms with Crippen LogP contribution in [0.3, 0.4) is 0 Å². The number of fused-ring (bicyclic) bond motifs is 1. The van der Waals surface area contributed by atoms with E-state index in [0.717, 1.165) is 5.56 Å². The SMILES string of the molecule is CCOC(=O)c1c(-c2ccc(Cl)cc2)nc2c(OCC)nc(Br)cn12. The molecule has 130 valence electrons. The second kappa shape index (κ2) is 7.41. The number of benzene rings is 1. The van der Waals surface area contributed by atoms with Crippen LogP contribution >= 0.6 is 27.5 Å². The van der Waals surface area contributed by atoms with Gasteiger partial charge in [0.1, 0.15) is 10.3 Å². The summed E-state index contributed by atoms with van der Waals surface area (Å²) < 4.78 is 12.9. The minimum Gasteiger partial charge on any atom is -0.475 e. The predicted molar refractivity (Wildman–Crippen MR) is 98.3 cm³/mol. The first-order valence-electron chi connectivity index (χ1n) is 7.69. The summed E-state index contributed by atoms with van der Waals surface area (Å²) >= 11 is 9.31. The Balaban J connectivity index is 2.30. The van der Waals surface area contributed by atoms with E-state index in [2.05, 4.69) is 25.9 Å². The van der Waals surface area contributed by atoms with Crippen molar-refractivity contribution in [2.24, 2.45) is 0 Å². The number of hydrogen-bond donors (Lipinski definition) is 0. The van der Waals surface area contributed by atoms with Crippen molar-refractivity contribution in [2.45, 2.75) is 13.8 Å². The second-order valence-electron chi connectivity index (χ2n) is 5.03. The molecule has 2 aromatic heterocycles. The average molecular weight is 425 g/mol. The summed E-state index contributed by atoms with van der Waals surface area (Å²) in [5, 5.41) is 0.601. The molecule has 0 spiro atoms. The molecule has 0 saturated heterocycles. The normalized spacial score (nSPS) is 10.9. The average Bonchev–Trinajstić information content (AvgIpc) is 2.95. The summed E-state index contributed by atoms with van der Waals surface area (Å²) in [7, 11) is 0. The third-order valence-corrected chi connectivity index (χ3v) is 4.05. The lowest BCUT2D eigenvalue weighted by Crippen LogP contribution is -2.10. The summed E-state index contributed by atoms with van der Waals surface area (Å²) in [5.74, 6) is -0.136. The van der Waals surface area contributed by atoms with Crippen LogP contribution in [0.15, 0.2) is 35.1 Å². The molecule has 2 heterocycles. The van der Waals surface area contributed by atoms with Gasteiger partial charge in [0.2, 0.25) is 5.65 Å². The molecule has 0 aliphatic carbocycles. The van der Waals surface area contributed by atoms with Gasteiger partial charge in [-0.2, -0.15) is 0 Å². The van der Waals surface area contributed by atoms with E-state index < -0.39 is 5.97 Å². The van der Waals surface area contributed by atoms with Crippen LogP contribution in [0.4, 0.5) is 0 Å². The van der Waals surface area contributed by atoms with E-state index in [1.165, 1.54) is 0 Å². The lowest BCUT2D eigenvalue weighted by Gasteiger charge is -2.07. The molecule has 0 unspecified atom stereocenters. The van der Waals surface area contributed by atoms with Crippen LogP contribution in [0.2, 0.25) is 5.02 Å². The van der Waals surface area contributed by atoms with Crippen LogP contribution in [-0.4, -0.2) is 33.6 Å². The number of carbonyl (C=O) groups excluding carboxylic acids is 1. The fourth-order valence-electron chi connectivity index (χ4n) is 2.43. The molecule has 3 rings (SSSR count). The van der Waals surface area contributed by atoms with Crippen LogP contribution in [0, 0.1) is 0 Å². The molecular formula is C17H15BrClN3O3. The van der Waals surface area contributed by atoms with Crippen molar-refractivity contribution >= 4 is 39.1 Å². The van der Waals surface area contributed by atoms with Crippen LogP contribution < -0.4 is 4.74 Å². The standard InChI is InChI=1S/C17H15BrClN3O3/c1-3-24-16-15-21-13(10-5-7-11(19)8-6-10)14(17(23)25-4-2)22(15)9-12(18)20-16/h5-9H,3-4H2,1-2H3. The molecule has 0 saturated carbocycles. The molecular weight excluding hydrogens is 410 g/mol. The second-order valence-corrected chi connectivity index (χ2v) is 6.28. The van der Waals surface area contributed by atoms with E-state index in [9.17, 15) is 4.79 Å². The van der Waals surface area contributed by atoms with Crippen molar-refractivity contribution in [3.63, 3.8) is 0 Å². The Morgan fingerprint density at radius 1 is 1.20 bits per heavy atom. The third kappa shape index (κ3) is 3.48. The summed E-state index contributed by atoms with van der Waals surface area (Å²) in [4.78, 5) is 21.5. The molecule has 6 nitrogen and oxygen atoms in total. The highest BCUT2D eigenvalue weighted by atomic mass is 79.9. The monoisotopic (exact) mass is 423 g/mol. The highest BCUT2D eigenvalue weighted by Gasteiger charge is 2.24. The smallest absolute Gasteiger partial charge is 0.357 e. The Morgan fingerprint density at radius 3 is 2.56 bits per heavy atom. The van der Waals surface area contributed by atoms with Gasteiger partial charge in [0.15, 0.2) is 5.69 Å². The first-order valence-corrected chi connectivity index (χ1v) is 8.86. The minimum absolute atomic E-state index is 0.261. The van der Waals surface area contributed by atoms with Gasteiger partial charge in [0, 0.05) is 16.8 Å². The molecule has 0 fully saturated rings. The van der Waals surface area contributed by atoms with Crippen molar-refractivity contribution in [1.29, 1.82) is 0 Å². The van der Waals surface area contributed by atoms with Crippen molar-refractivity contribution in [3.05, 3.63) is 45.8 Å². The zero-order valence-electron chi connectivity index (χ0n) is 13.6. The fourth-order valence-corrected chi connectivity index (χ4v) is 2.92. The van der Waals surface area contributed by atoms with Gasteiger partial charge in [-0.15, -0.1) is 0 Å². The zero-order valence-corrected chi connectivity index (χ0v) is 16.0. The number of nitrogens with zero attached hydrogens (tertiary/aromatic N) is 3. The number of rotatable bonds is 5. The topological polar surface area (TPSA) is 65.7 Å². The number of aromatic nitrogens is 3. The Kier molecular flexibility index (Phi) is 5.24. The van der Waals surface area contributed by atoms with E-state index >= 15 is 0 Å². The summed E-state index contributed by atoms with van der Waals surface area (Å²) in [6.07, 6.45) is 1.66. The highest BCUT2D eigenvalue weighted by molar-refractivity contribution is 9.10. The van der Waals surface area contributed by atoms with E-state index in [-0.39, 0.29) is 6.61 Å². The lowest BCUT2D eigenvalue weighted by atomic mass is 10.1. The van der Waals surface area contributed by atoms with Crippen LogP contribution in [0.5, 0.6) is 5.88 Å². The summed E-state index contributed by atoms with van der Waals surface area (Å²) in [5.41, 5.74) is 1.98. The van der Waals surface area contributed by atoms with Crippen molar-refractivity contribution in [2.75, 3.05) is 13.2 Å². The Bertz CT molecular complexity index is 925. The van der Waals surface area contributed by atoms with Gasteiger partial charge < -0.3 is 9.47 Å². The van der Waals surface area contributed by atoms with Crippen LogP contribution in [0.1, 0.15) is 24.3 Å². The van der Waals surface area contributed by atoms with E-state index in [0.29, 0.717) is 39.1 Å². The van der Waals surface area contributed by atoms with Crippen molar-refractivity contribution < 1.29 is 14.3 Å². The van der Waals surface area contributed by atoms with Gasteiger partial charge in [-0.25, -0.2) is 14.8 Å². The Hall–Kier alpha value is -2.12. The van der Waals surface area contributed by atoms with Gasteiger partial charge >= 0.3 is 5.97 Å². The molecule has 1 aromatic carbocycles. The molecule has 3 aromatic rings. The van der Waals surface area contributed by atoms with E-state index in [1.54, 1.807) is 41.8 Å². The van der Waals surface area contributed by atoms with Gasteiger partial charge in [-0.05, 0) is 41.9 Å². The zero-order chi connectivity index (χ0) is 18.0. The Labute approximate surface area is 157 Å². The van der Waals surface area contributed by atoms with Gasteiger partial charge in [0.05, 0.1) is 13.2 Å². The van der Waals surface area contributed by atoms with Gasteiger partial charge in [-0.1, -0.05) is 23.7 Å². The molecule has 0 N–H and O–H groups in total. The van der Waals surface area contributed by atoms with Gasteiger partial charge in [-0.3, -0.25) is 4.40 Å². The molecule has 25 heavy (non-hydrogen) atoms. The minimum atomic E-state index is -0.472. The molecule has 8 heteroatoms. The molecule has 0 bridgehead atoms. The number of ether oxygens (including phenoxy) is 2. The number of halogens is 2. The summed E-state index contributed by atoms with van der Waals surface area (Å²) in [6.45, 7) is 4.30. The first-order chi connectivity index (χ1) is 12.0. The molecule has 0 aliphatic heterocycles. The predicted octanol–water partition coefficient (Wildman–Crippen LogP) is 4.39. The lowest BCUT2D eigenvalue weighted by molar-refractivity contribution is 0.0519. The molecule has 0 aliphatic rings. The fraction of sp³-hybridized carbons (Fsp3) is 0.235. The van der Waals surface area contributed by atoms with Crippen molar-refractivity contribution in [1.82, 2.24) is 14.4 Å². The maximum atomic E-state index is 12.6. The van der Waals surface area contributed by atoms with Crippen LogP contribution in [0.25, 0.3) is 16.9 Å². The molecule has 0 radical (unpaired) electrons. The quantitative estimate of drug-likeness (QED) is 0.568. The highest BCUT2D eigenvalue weighted by Crippen LogP contribution is 2.30.